The van der Waals surface area contributed by atoms with Gasteiger partial charge in [0.25, 0.3) is 0 Å². The zero-order valence-electron chi connectivity index (χ0n) is 11.2. The van der Waals surface area contributed by atoms with Crippen LogP contribution in [0, 0.1) is 5.92 Å². The summed E-state index contributed by atoms with van der Waals surface area (Å²) in [5.74, 6) is 0.810. The molecule has 0 aromatic rings. The third-order valence-corrected chi connectivity index (χ3v) is 4.50. The van der Waals surface area contributed by atoms with E-state index in [0.717, 1.165) is 45.3 Å². The molecular formula is C14H25N3O. The van der Waals surface area contributed by atoms with E-state index in [4.69, 9.17) is 0 Å². The molecule has 1 aliphatic carbocycles. The fourth-order valence-corrected chi connectivity index (χ4v) is 3.18. The van der Waals surface area contributed by atoms with Gasteiger partial charge in [-0.1, -0.05) is 0 Å². The zero-order valence-corrected chi connectivity index (χ0v) is 11.2. The Kier molecular flexibility index (Phi) is 3.85. The van der Waals surface area contributed by atoms with E-state index in [1.54, 1.807) is 0 Å². The Bertz CT molecular complexity index is 289. The van der Waals surface area contributed by atoms with Gasteiger partial charge in [0.05, 0.1) is 0 Å². The van der Waals surface area contributed by atoms with Crippen LogP contribution in [-0.2, 0) is 4.79 Å². The first-order valence-electron chi connectivity index (χ1n) is 7.58. The van der Waals surface area contributed by atoms with Crippen LogP contribution in [-0.4, -0.2) is 49.1 Å². The number of hydrogen-bond donors (Lipinski definition) is 2. The lowest BCUT2D eigenvalue weighted by atomic mass is 10.0. The van der Waals surface area contributed by atoms with E-state index in [9.17, 15) is 4.79 Å². The number of nitrogens with one attached hydrogen (secondary N) is 2. The van der Waals surface area contributed by atoms with Gasteiger partial charge in [-0.2, -0.15) is 0 Å². The molecule has 4 nitrogen and oxygen atoms in total. The van der Waals surface area contributed by atoms with Crippen LogP contribution >= 0.6 is 0 Å². The van der Waals surface area contributed by atoms with Crippen molar-refractivity contribution >= 4 is 5.91 Å². The maximum absolute atomic E-state index is 12.0. The Balaban J connectivity index is 1.40. The minimum absolute atomic E-state index is 0.386. The highest BCUT2D eigenvalue weighted by Gasteiger charge is 2.35. The monoisotopic (exact) mass is 251 g/mol. The van der Waals surface area contributed by atoms with Crippen LogP contribution in [0.2, 0.25) is 0 Å². The SMILES string of the molecule is O=C(C1CC1)N1CCC(NC2CCCNC2)CC1. The van der Waals surface area contributed by atoms with Gasteiger partial charge in [0.15, 0.2) is 0 Å². The summed E-state index contributed by atoms with van der Waals surface area (Å²) in [5.41, 5.74) is 0. The highest BCUT2D eigenvalue weighted by atomic mass is 16.2. The summed E-state index contributed by atoms with van der Waals surface area (Å²) < 4.78 is 0. The van der Waals surface area contributed by atoms with Crippen LogP contribution in [0.3, 0.4) is 0 Å². The van der Waals surface area contributed by atoms with Crippen LogP contribution in [0.15, 0.2) is 0 Å². The molecule has 1 amide bonds. The molecule has 2 saturated heterocycles. The molecule has 3 rings (SSSR count). The molecule has 3 fully saturated rings. The molecule has 102 valence electrons. The Morgan fingerprint density at radius 3 is 2.44 bits per heavy atom. The molecule has 2 N–H and O–H groups in total. The quantitative estimate of drug-likeness (QED) is 0.777. The fraction of sp³-hybridized carbons (Fsp3) is 0.929. The highest BCUT2D eigenvalue weighted by Crippen LogP contribution is 2.31. The summed E-state index contributed by atoms with van der Waals surface area (Å²) in [6.45, 7) is 4.22. The second kappa shape index (κ2) is 5.57. The summed E-state index contributed by atoms with van der Waals surface area (Å²) in [7, 11) is 0. The average Bonchev–Trinajstić information content (AvgIpc) is 3.24. The maximum atomic E-state index is 12.0. The molecule has 1 saturated carbocycles. The van der Waals surface area contributed by atoms with Crippen molar-refractivity contribution < 1.29 is 4.79 Å². The molecule has 0 aromatic carbocycles. The first-order chi connectivity index (χ1) is 8.83. The second-order valence-electron chi connectivity index (χ2n) is 6.08. The third kappa shape index (κ3) is 3.04. The summed E-state index contributed by atoms with van der Waals surface area (Å²) >= 11 is 0. The van der Waals surface area contributed by atoms with Gasteiger partial charge in [-0.3, -0.25) is 4.79 Å². The lowest BCUT2D eigenvalue weighted by molar-refractivity contribution is -0.133. The molecule has 0 aromatic heterocycles. The van der Waals surface area contributed by atoms with Crippen molar-refractivity contribution in [3.05, 3.63) is 0 Å². The van der Waals surface area contributed by atoms with Crippen LogP contribution in [0.1, 0.15) is 38.5 Å². The Morgan fingerprint density at radius 2 is 1.83 bits per heavy atom. The van der Waals surface area contributed by atoms with Crippen molar-refractivity contribution in [3.8, 4) is 0 Å². The smallest absolute Gasteiger partial charge is 0.225 e. The van der Waals surface area contributed by atoms with Gasteiger partial charge in [0.2, 0.25) is 5.91 Å². The summed E-state index contributed by atoms with van der Waals surface area (Å²) in [6, 6.07) is 1.27. The van der Waals surface area contributed by atoms with E-state index in [1.807, 2.05) is 0 Å². The van der Waals surface area contributed by atoms with E-state index in [-0.39, 0.29) is 0 Å². The van der Waals surface area contributed by atoms with Crippen molar-refractivity contribution in [1.29, 1.82) is 0 Å². The minimum atomic E-state index is 0.386. The number of amides is 1. The number of carbonyl (C=O) groups is 1. The van der Waals surface area contributed by atoms with Crippen molar-refractivity contribution in [2.45, 2.75) is 50.6 Å². The molecule has 0 bridgehead atoms. The topological polar surface area (TPSA) is 44.4 Å². The van der Waals surface area contributed by atoms with E-state index in [0.29, 0.717) is 23.9 Å². The normalized spacial score (nSPS) is 30.4. The van der Waals surface area contributed by atoms with Crippen molar-refractivity contribution in [2.24, 2.45) is 5.92 Å². The molecule has 2 heterocycles. The number of rotatable bonds is 3. The summed E-state index contributed by atoms with van der Waals surface area (Å²) in [4.78, 5) is 14.0. The van der Waals surface area contributed by atoms with Crippen molar-refractivity contribution in [1.82, 2.24) is 15.5 Å². The molecule has 1 atom stereocenters. The predicted molar refractivity (Wildman–Crippen MR) is 71.4 cm³/mol. The number of carbonyl (C=O) groups excluding carboxylic acids is 1. The van der Waals surface area contributed by atoms with Crippen molar-refractivity contribution in [2.75, 3.05) is 26.2 Å². The van der Waals surface area contributed by atoms with Gasteiger partial charge < -0.3 is 15.5 Å². The van der Waals surface area contributed by atoms with Gasteiger partial charge in [-0.25, -0.2) is 0 Å². The lowest BCUT2D eigenvalue weighted by Crippen LogP contribution is -2.51. The zero-order chi connectivity index (χ0) is 12.4. The Morgan fingerprint density at radius 1 is 1.06 bits per heavy atom. The summed E-state index contributed by atoms with van der Waals surface area (Å²) in [5, 5.41) is 7.21. The Labute approximate surface area is 109 Å². The second-order valence-corrected chi connectivity index (χ2v) is 6.08. The van der Waals surface area contributed by atoms with Gasteiger partial charge in [0, 0.05) is 37.6 Å². The van der Waals surface area contributed by atoms with Gasteiger partial charge in [0.1, 0.15) is 0 Å². The number of piperidine rings is 2. The molecule has 4 heteroatoms. The van der Waals surface area contributed by atoms with Gasteiger partial charge >= 0.3 is 0 Å². The first-order valence-corrected chi connectivity index (χ1v) is 7.58. The maximum Gasteiger partial charge on any atom is 0.225 e. The first kappa shape index (κ1) is 12.4. The lowest BCUT2D eigenvalue weighted by Gasteiger charge is -2.35. The molecular weight excluding hydrogens is 226 g/mol. The van der Waals surface area contributed by atoms with Crippen LogP contribution in [0.5, 0.6) is 0 Å². The van der Waals surface area contributed by atoms with Crippen LogP contribution < -0.4 is 10.6 Å². The average molecular weight is 251 g/mol. The minimum Gasteiger partial charge on any atom is -0.342 e. The number of likely N-dealkylation sites (tertiary alicyclic amines) is 1. The molecule has 18 heavy (non-hydrogen) atoms. The standard InChI is InChI=1S/C14H25N3O/c18-14(11-3-4-11)17-8-5-12(6-9-17)16-13-2-1-7-15-10-13/h11-13,15-16H,1-10H2. The summed E-state index contributed by atoms with van der Waals surface area (Å²) in [6.07, 6.45) is 7.12. The molecule has 0 spiro atoms. The van der Waals surface area contributed by atoms with E-state index < -0.39 is 0 Å². The van der Waals surface area contributed by atoms with E-state index in [1.165, 1.54) is 19.4 Å². The van der Waals surface area contributed by atoms with E-state index in [2.05, 4.69) is 15.5 Å². The molecule has 1 unspecified atom stereocenters. The van der Waals surface area contributed by atoms with E-state index >= 15 is 0 Å². The molecule has 3 aliphatic rings. The van der Waals surface area contributed by atoms with Gasteiger partial charge in [-0.15, -0.1) is 0 Å². The number of hydrogen-bond acceptors (Lipinski definition) is 3. The predicted octanol–water partition coefficient (Wildman–Crippen LogP) is 0.729. The number of nitrogens with zero attached hydrogens (tertiary/aromatic N) is 1. The third-order valence-electron chi connectivity index (χ3n) is 4.50. The van der Waals surface area contributed by atoms with Crippen LogP contribution in [0.25, 0.3) is 0 Å². The Hall–Kier alpha value is -0.610. The van der Waals surface area contributed by atoms with Gasteiger partial charge in [-0.05, 0) is 45.1 Å². The largest absolute Gasteiger partial charge is 0.342 e. The highest BCUT2D eigenvalue weighted by molar-refractivity contribution is 5.81. The molecule has 2 aliphatic heterocycles. The molecule has 0 radical (unpaired) electrons. The van der Waals surface area contributed by atoms with Crippen molar-refractivity contribution in [3.63, 3.8) is 0 Å². The fourth-order valence-electron chi connectivity index (χ4n) is 3.18. The van der Waals surface area contributed by atoms with Crippen LogP contribution in [0.4, 0.5) is 0 Å².